The number of nitrogens with one attached hydrogen (secondary N) is 1. The Labute approximate surface area is 155 Å². The molecule has 0 spiro atoms. The van der Waals surface area contributed by atoms with Crippen LogP contribution in [-0.2, 0) is 4.74 Å². The monoisotopic (exact) mass is 427 g/mol. The molecule has 2 heterocycles. The lowest BCUT2D eigenvalue weighted by Gasteiger charge is -2.23. The SMILES string of the molecule is O=C(Nc1ccn([C@@H]2O[C@H](CO)[C@@H](O)[C@]2(F)Br)c(=O)n1)c1ccccc1. The molecule has 0 bridgehead atoms. The molecule has 1 aliphatic rings. The smallest absolute Gasteiger partial charge is 0.351 e. The van der Waals surface area contributed by atoms with Gasteiger partial charge in [0.25, 0.3) is 5.91 Å². The van der Waals surface area contributed by atoms with E-state index in [4.69, 9.17) is 9.84 Å². The highest BCUT2D eigenvalue weighted by Gasteiger charge is 2.56. The van der Waals surface area contributed by atoms with Crippen molar-refractivity contribution in [2.75, 3.05) is 11.9 Å². The number of hydrogen-bond acceptors (Lipinski definition) is 6. The summed E-state index contributed by atoms with van der Waals surface area (Å²) in [6.07, 6.45) is -3.23. The van der Waals surface area contributed by atoms with Gasteiger partial charge in [0, 0.05) is 11.8 Å². The molecular weight excluding hydrogens is 413 g/mol. The zero-order valence-electron chi connectivity index (χ0n) is 13.3. The fraction of sp³-hybridized carbons (Fsp3) is 0.312. The van der Waals surface area contributed by atoms with Gasteiger partial charge in [0.1, 0.15) is 18.0 Å². The molecule has 1 amide bonds. The first-order valence-corrected chi connectivity index (χ1v) is 8.41. The molecule has 8 nitrogen and oxygen atoms in total. The van der Waals surface area contributed by atoms with Gasteiger partial charge in [0.2, 0.25) is 4.58 Å². The van der Waals surface area contributed by atoms with Crippen molar-refractivity contribution < 1.29 is 24.1 Å². The summed E-state index contributed by atoms with van der Waals surface area (Å²) >= 11 is 2.71. The van der Waals surface area contributed by atoms with Crippen LogP contribution in [0.4, 0.5) is 10.2 Å². The van der Waals surface area contributed by atoms with E-state index in [0.29, 0.717) is 5.56 Å². The number of alkyl halides is 2. The molecule has 0 saturated carbocycles. The van der Waals surface area contributed by atoms with Crippen molar-refractivity contribution in [2.24, 2.45) is 0 Å². The molecule has 1 aromatic heterocycles. The fourth-order valence-electron chi connectivity index (χ4n) is 2.56. The minimum absolute atomic E-state index is 0.0172. The summed E-state index contributed by atoms with van der Waals surface area (Å²) < 4.78 is 18.2. The topological polar surface area (TPSA) is 114 Å². The molecule has 1 saturated heterocycles. The first-order valence-electron chi connectivity index (χ1n) is 7.62. The Morgan fingerprint density at radius 3 is 2.65 bits per heavy atom. The number of aliphatic hydroxyl groups excluding tert-OH is 2. The summed E-state index contributed by atoms with van der Waals surface area (Å²) in [4.78, 5) is 28.0. The van der Waals surface area contributed by atoms with Crippen LogP contribution in [0, 0.1) is 0 Å². The number of aromatic nitrogens is 2. The van der Waals surface area contributed by atoms with E-state index in [9.17, 15) is 19.1 Å². The quantitative estimate of drug-likeness (QED) is 0.622. The largest absolute Gasteiger partial charge is 0.394 e. The number of rotatable bonds is 4. The van der Waals surface area contributed by atoms with Crippen LogP contribution in [0.2, 0.25) is 0 Å². The van der Waals surface area contributed by atoms with E-state index in [1.807, 2.05) is 0 Å². The number of hydrogen-bond donors (Lipinski definition) is 3. The Bertz CT molecular complexity index is 860. The zero-order valence-corrected chi connectivity index (χ0v) is 14.8. The van der Waals surface area contributed by atoms with E-state index in [1.165, 1.54) is 12.3 Å². The number of carbonyl (C=O) groups excluding carboxylic acids is 1. The van der Waals surface area contributed by atoms with Crippen LogP contribution in [0.1, 0.15) is 16.6 Å². The predicted octanol–water partition coefficient (Wildman–Crippen LogP) is 0.807. The van der Waals surface area contributed by atoms with E-state index < -0.39 is 41.2 Å². The Balaban J connectivity index is 1.82. The Hall–Kier alpha value is -2.14. The van der Waals surface area contributed by atoms with Gasteiger partial charge >= 0.3 is 5.69 Å². The van der Waals surface area contributed by atoms with E-state index in [2.05, 4.69) is 26.2 Å². The normalized spacial score (nSPS) is 28.1. The van der Waals surface area contributed by atoms with Gasteiger partial charge in [-0.1, -0.05) is 18.2 Å². The second-order valence-electron chi connectivity index (χ2n) is 5.65. The summed E-state index contributed by atoms with van der Waals surface area (Å²) in [5.41, 5.74) is -0.511. The number of aliphatic hydroxyl groups is 2. The van der Waals surface area contributed by atoms with Crippen LogP contribution in [0.3, 0.4) is 0 Å². The van der Waals surface area contributed by atoms with E-state index in [1.54, 1.807) is 30.3 Å². The van der Waals surface area contributed by atoms with Gasteiger partial charge in [0.15, 0.2) is 6.23 Å². The molecule has 3 rings (SSSR count). The Morgan fingerprint density at radius 2 is 2.08 bits per heavy atom. The summed E-state index contributed by atoms with van der Waals surface area (Å²) in [5.74, 6) is -0.472. The van der Waals surface area contributed by atoms with Crippen molar-refractivity contribution in [3.8, 4) is 0 Å². The molecule has 138 valence electrons. The molecule has 26 heavy (non-hydrogen) atoms. The molecule has 10 heteroatoms. The number of carbonyl (C=O) groups is 1. The highest BCUT2D eigenvalue weighted by molar-refractivity contribution is 9.10. The van der Waals surface area contributed by atoms with E-state index >= 15 is 0 Å². The lowest BCUT2D eigenvalue weighted by Crippen LogP contribution is -2.40. The number of amides is 1. The number of benzene rings is 1. The molecule has 3 N–H and O–H groups in total. The van der Waals surface area contributed by atoms with Crippen molar-refractivity contribution in [2.45, 2.75) is 23.0 Å². The average molecular weight is 428 g/mol. The van der Waals surface area contributed by atoms with Crippen molar-refractivity contribution in [3.05, 3.63) is 58.6 Å². The lowest BCUT2D eigenvalue weighted by molar-refractivity contribution is -0.0506. The molecule has 1 fully saturated rings. The maximum atomic E-state index is 14.7. The third-order valence-corrected chi connectivity index (χ3v) is 4.78. The van der Waals surface area contributed by atoms with Crippen LogP contribution < -0.4 is 11.0 Å². The third-order valence-electron chi connectivity index (χ3n) is 3.92. The summed E-state index contributed by atoms with van der Waals surface area (Å²) in [6, 6.07) is 9.64. The predicted molar refractivity (Wildman–Crippen MR) is 92.7 cm³/mol. The van der Waals surface area contributed by atoms with Crippen LogP contribution in [0.15, 0.2) is 47.4 Å². The van der Waals surface area contributed by atoms with Gasteiger partial charge < -0.3 is 20.3 Å². The van der Waals surface area contributed by atoms with Crippen LogP contribution in [0.25, 0.3) is 0 Å². The maximum absolute atomic E-state index is 14.7. The van der Waals surface area contributed by atoms with Gasteiger partial charge in [0.05, 0.1) is 6.61 Å². The van der Waals surface area contributed by atoms with E-state index in [-0.39, 0.29) is 5.82 Å². The van der Waals surface area contributed by atoms with Crippen molar-refractivity contribution in [1.29, 1.82) is 0 Å². The highest BCUT2D eigenvalue weighted by Crippen LogP contribution is 2.45. The first-order chi connectivity index (χ1) is 12.3. The standard InChI is InChI=1S/C16H15BrFN3O5/c17-16(18)12(23)10(8-22)26-14(16)21-7-6-11(20-15(21)25)19-13(24)9-4-2-1-3-5-9/h1-7,10,12,14,22-23H,8H2,(H,19,20,24,25)/t10-,12-,14-,16-/m1/s1. The van der Waals surface area contributed by atoms with Crippen molar-refractivity contribution in [3.63, 3.8) is 0 Å². The number of ether oxygens (including phenoxy) is 1. The molecular formula is C16H15BrFN3O5. The van der Waals surface area contributed by atoms with Gasteiger partial charge in [-0.15, -0.1) is 0 Å². The van der Waals surface area contributed by atoms with Crippen LogP contribution in [-0.4, -0.2) is 49.1 Å². The third kappa shape index (κ3) is 3.40. The minimum Gasteiger partial charge on any atom is -0.394 e. The number of nitrogens with zero attached hydrogens (tertiary/aromatic N) is 2. The number of anilines is 1. The second-order valence-corrected chi connectivity index (χ2v) is 6.87. The minimum atomic E-state index is -2.49. The lowest BCUT2D eigenvalue weighted by atomic mass is 10.1. The highest BCUT2D eigenvalue weighted by atomic mass is 79.9. The molecule has 2 aromatic rings. The fourth-order valence-corrected chi connectivity index (χ4v) is 3.18. The average Bonchev–Trinajstić information content (AvgIpc) is 2.85. The maximum Gasteiger partial charge on any atom is 0.351 e. The summed E-state index contributed by atoms with van der Waals surface area (Å²) in [5, 5.41) is 21.4. The van der Waals surface area contributed by atoms with E-state index in [0.717, 1.165) is 4.57 Å². The summed E-state index contributed by atoms with van der Waals surface area (Å²) in [6.45, 7) is -0.623. The van der Waals surface area contributed by atoms with Crippen LogP contribution in [0.5, 0.6) is 0 Å². The van der Waals surface area contributed by atoms with Crippen molar-refractivity contribution >= 4 is 27.7 Å². The molecule has 0 radical (unpaired) electrons. The van der Waals surface area contributed by atoms with Gasteiger partial charge in [-0.3, -0.25) is 9.36 Å². The van der Waals surface area contributed by atoms with Gasteiger partial charge in [-0.25, -0.2) is 9.18 Å². The Kier molecular flexibility index (Phi) is 5.19. The van der Waals surface area contributed by atoms with Crippen molar-refractivity contribution in [1.82, 2.24) is 9.55 Å². The number of halogens is 2. The molecule has 1 aliphatic heterocycles. The Morgan fingerprint density at radius 1 is 1.38 bits per heavy atom. The van der Waals surface area contributed by atoms with Gasteiger partial charge in [-0.2, -0.15) is 4.98 Å². The molecule has 1 aromatic carbocycles. The summed E-state index contributed by atoms with van der Waals surface area (Å²) in [7, 11) is 0. The molecule has 4 atom stereocenters. The molecule has 0 unspecified atom stereocenters. The second kappa shape index (κ2) is 7.23. The zero-order chi connectivity index (χ0) is 18.9. The van der Waals surface area contributed by atoms with Crippen LogP contribution >= 0.6 is 15.9 Å². The molecule has 0 aliphatic carbocycles. The first kappa shape index (κ1) is 18.6. The van der Waals surface area contributed by atoms with Gasteiger partial charge in [-0.05, 0) is 34.1 Å².